The predicted molar refractivity (Wildman–Crippen MR) is 126 cm³/mol. The molecule has 4 heterocycles. The molecule has 1 aliphatic rings. The quantitative estimate of drug-likeness (QED) is 0.487. The van der Waals surface area contributed by atoms with E-state index in [0.717, 1.165) is 59.8 Å². The Morgan fingerprint density at radius 2 is 1.84 bits per heavy atom. The molecule has 5 rings (SSSR count). The summed E-state index contributed by atoms with van der Waals surface area (Å²) in [6.45, 7) is 5.31. The average molecular weight is 450 g/mol. The summed E-state index contributed by atoms with van der Waals surface area (Å²) in [7, 11) is 0. The van der Waals surface area contributed by atoms with E-state index < -0.39 is 5.91 Å². The Hall–Kier alpha value is -3.66. The lowest BCUT2D eigenvalue weighted by Gasteiger charge is -2.25. The Balaban J connectivity index is 1.36. The van der Waals surface area contributed by atoms with Gasteiger partial charge in [0.1, 0.15) is 9.71 Å². The number of primary amides is 1. The van der Waals surface area contributed by atoms with Gasteiger partial charge in [0.05, 0.1) is 16.8 Å². The molecule has 0 spiro atoms. The van der Waals surface area contributed by atoms with Crippen LogP contribution in [0.2, 0.25) is 0 Å². The highest BCUT2D eigenvalue weighted by atomic mass is 32.1. The summed E-state index contributed by atoms with van der Waals surface area (Å²) in [6.07, 6.45) is 2.75. The molecular weight excluding hydrogens is 426 g/mol. The molecule has 1 aliphatic heterocycles. The van der Waals surface area contributed by atoms with Crippen molar-refractivity contribution in [1.29, 1.82) is 0 Å². The maximum absolute atomic E-state index is 11.7. The molecule has 0 atom stereocenters. The Morgan fingerprint density at radius 1 is 1.09 bits per heavy atom. The van der Waals surface area contributed by atoms with Crippen LogP contribution >= 0.6 is 11.3 Å². The molecule has 4 aromatic rings. The second-order valence-electron chi connectivity index (χ2n) is 7.74. The topological polar surface area (TPSA) is 127 Å². The fraction of sp³-hybridized carbons (Fsp3) is 0.273. The molecule has 1 fully saturated rings. The lowest BCUT2D eigenvalue weighted by molar-refractivity contribution is 0.100. The first-order valence-corrected chi connectivity index (χ1v) is 11.2. The van der Waals surface area contributed by atoms with Crippen LogP contribution in [0.1, 0.15) is 21.9 Å². The molecule has 0 bridgehead atoms. The molecule has 0 unspecified atom stereocenters. The van der Waals surface area contributed by atoms with E-state index in [1.165, 1.54) is 11.3 Å². The maximum Gasteiger partial charge on any atom is 0.260 e. The number of thiophene rings is 1. The molecule has 164 valence electrons. The van der Waals surface area contributed by atoms with E-state index in [4.69, 9.17) is 16.0 Å². The molecule has 4 N–H and O–H groups in total. The Kier molecular flexibility index (Phi) is 5.14. The third-order valence-corrected chi connectivity index (χ3v) is 6.80. The minimum atomic E-state index is -0.516. The number of hydrogen-bond donors (Lipinski definition) is 2. The van der Waals surface area contributed by atoms with Crippen molar-refractivity contribution in [2.45, 2.75) is 13.3 Å². The van der Waals surface area contributed by atoms with Crippen molar-refractivity contribution >= 4 is 44.5 Å². The standard InChI is InChI=1S/C22H23N7O2S/c1-13-26-21(31-27-13)14-3-5-15(6-4-14)28-9-2-10-29(12-11-28)16-7-8-25-22-17(16)18(23)19(32-22)20(24)30/h3-8H,2,9-12,23H2,1H3,(H2,24,30). The van der Waals surface area contributed by atoms with Crippen LogP contribution in [-0.2, 0) is 0 Å². The van der Waals surface area contributed by atoms with Gasteiger partial charge >= 0.3 is 0 Å². The molecule has 0 saturated carbocycles. The summed E-state index contributed by atoms with van der Waals surface area (Å²) in [5.74, 6) is 0.634. The van der Waals surface area contributed by atoms with Crippen LogP contribution in [0.4, 0.5) is 17.1 Å². The molecular formula is C22H23N7O2S. The Bertz CT molecular complexity index is 1280. The van der Waals surface area contributed by atoms with Gasteiger partial charge in [0.25, 0.3) is 11.8 Å². The molecule has 9 nitrogen and oxygen atoms in total. The zero-order valence-corrected chi connectivity index (χ0v) is 18.4. The van der Waals surface area contributed by atoms with E-state index >= 15 is 0 Å². The van der Waals surface area contributed by atoms with Gasteiger partial charge in [-0.2, -0.15) is 4.98 Å². The highest BCUT2D eigenvalue weighted by Crippen LogP contribution is 2.38. The van der Waals surface area contributed by atoms with E-state index in [0.29, 0.717) is 22.3 Å². The van der Waals surface area contributed by atoms with Crippen LogP contribution in [0, 0.1) is 6.92 Å². The van der Waals surface area contributed by atoms with Gasteiger partial charge in [-0.05, 0) is 43.7 Å². The van der Waals surface area contributed by atoms with E-state index in [1.54, 1.807) is 13.1 Å². The first-order valence-electron chi connectivity index (χ1n) is 10.4. The van der Waals surface area contributed by atoms with Crippen LogP contribution in [0.5, 0.6) is 0 Å². The number of anilines is 3. The first kappa shape index (κ1) is 20.3. The summed E-state index contributed by atoms with van der Waals surface area (Å²) < 4.78 is 5.26. The fourth-order valence-electron chi connectivity index (χ4n) is 4.12. The number of pyridine rings is 1. The lowest BCUT2D eigenvalue weighted by atomic mass is 10.2. The number of nitrogens with two attached hydrogens (primary N) is 2. The summed E-state index contributed by atoms with van der Waals surface area (Å²) in [4.78, 5) is 26.2. The fourth-order valence-corrected chi connectivity index (χ4v) is 5.06. The van der Waals surface area contributed by atoms with Crippen LogP contribution in [0.25, 0.3) is 21.7 Å². The third-order valence-electron chi connectivity index (χ3n) is 5.67. The van der Waals surface area contributed by atoms with Gasteiger partial charge in [-0.3, -0.25) is 4.79 Å². The van der Waals surface area contributed by atoms with Crippen molar-refractivity contribution in [1.82, 2.24) is 15.1 Å². The number of amides is 1. The van der Waals surface area contributed by atoms with Crippen LogP contribution in [0.3, 0.4) is 0 Å². The first-order chi connectivity index (χ1) is 15.5. The van der Waals surface area contributed by atoms with Gasteiger partial charge in [-0.25, -0.2) is 4.98 Å². The largest absolute Gasteiger partial charge is 0.397 e. The molecule has 3 aromatic heterocycles. The van der Waals surface area contributed by atoms with Crippen molar-refractivity contribution in [3.05, 3.63) is 47.2 Å². The molecule has 0 aliphatic carbocycles. The number of nitrogen functional groups attached to an aromatic ring is 1. The number of aryl methyl sites for hydroxylation is 1. The van der Waals surface area contributed by atoms with Crippen LogP contribution < -0.4 is 21.3 Å². The van der Waals surface area contributed by atoms with Crippen LogP contribution in [-0.4, -0.2) is 47.2 Å². The van der Waals surface area contributed by atoms with E-state index in [2.05, 4.69) is 37.1 Å². The molecule has 10 heteroatoms. The number of fused-ring (bicyclic) bond motifs is 1. The van der Waals surface area contributed by atoms with Crippen molar-refractivity contribution < 1.29 is 9.32 Å². The zero-order valence-electron chi connectivity index (χ0n) is 17.6. The molecule has 1 aromatic carbocycles. The Morgan fingerprint density at radius 3 is 2.56 bits per heavy atom. The van der Waals surface area contributed by atoms with Gasteiger partial charge in [0.15, 0.2) is 5.82 Å². The third kappa shape index (κ3) is 3.62. The zero-order chi connectivity index (χ0) is 22.2. The van der Waals surface area contributed by atoms with Gasteiger partial charge < -0.3 is 25.8 Å². The second-order valence-corrected chi connectivity index (χ2v) is 8.74. The number of aromatic nitrogens is 3. The average Bonchev–Trinajstić information content (AvgIpc) is 3.28. The SMILES string of the molecule is Cc1noc(-c2ccc(N3CCCN(c4ccnc5sc(C(N)=O)c(N)c45)CC3)cc2)n1. The number of benzene rings is 1. The molecule has 0 radical (unpaired) electrons. The predicted octanol–water partition coefficient (Wildman–Crippen LogP) is 3.05. The number of carbonyl (C=O) groups excluding carboxylic acids is 1. The number of carbonyl (C=O) groups is 1. The normalized spacial score (nSPS) is 14.7. The smallest absolute Gasteiger partial charge is 0.260 e. The molecule has 1 saturated heterocycles. The van der Waals surface area contributed by atoms with Gasteiger partial charge in [-0.15, -0.1) is 11.3 Å². The highest BCUT2D eigenvalue weighted by molar-refractivity contribution is 7.21. The van der Waals surface area contributed by atoms with E-state index in [-0.39, 0.29) is 0 Å². The van der Waals surface area contributed by atoms with Crippen molar-refractivity contribution in [3.63, 3.8) is 0 Å². The summed E-state index contributed by atoms with van der Waals surface area (Å²) in [6, 6.07) is 10.2. The molecule has 1 amide bonds. The lowest BCUT2D eigenvalue weighted by Crippen LogP contribution is -2.30. The molecule has 32 heavy (non-hydrogen) atoms. The highest BCUT2D eigenvalue weighted by Gasteiger charge is 2.22. The second kappa shape index (κ2) is 8.12. The number of rotatable bonds is 4. The summed E-state index contributed by atoms with van der Waals surface area (Å²) in [5.41, 5.74) is 15.3. The minimum Gasteiger partial charge on any atom is -0.397 e. The van der Waals surface area contributed by atoms with E-state index in [1.807, 2.05) is 18.2 Å². The van der Waals surface area contributed by atoms with Gasteiger partial charge in [0, 0.05) is 43.6 Å². The van der Waals surface area contributed by atoms with Gasteiger partial charge in [0.2, 0.25) is 0 Å². The number of nitrogens with zero attached hydrogens (tertiary/aromatic N) is 5. The van der Waals surface area contributed by atoms with E-state index in [9.17, 15) is 4.79 Å². The monoisotopic (exact) mass is 449 g/mol. The van der Waals surface area contributed by atoms with Crippen LogP contribution in [0.15, 0.2) is 41.1 Å². The summed E-state index contributed by atoms with van der Waals surface area (Å²) >= 11 is 1.25. The van der Waals surface area contributed by atoms with Gasteiger partial charge in [-0.1, -0.05) is 5.16 Å². The summed E-state index contributed by atoms with van der Waals surface area (Å²) in [5, 5.41) is 4.67. The van der Waals surface area contributed by atoms with Crippen molar-refractivity contribution in [2.24, 2.45) is 5.73 Å². The van der Waals surface area contributed by atoms with Crippen molar-refractivity contribution in [3.8, 4) is 11.5 Å². The van der Waals surface area contributed by atoms with Crippen molar-refractivity contribution in [2.75, 3.05) is 41.7 Å². The number of hydrogen-bond acceptors (Lipinski definition) is 9. The minimum absolute atomic E-state index is 0.368. The Labute approximate surface area is 188 Å². The maximum atomic E-state index is 11.7.